The molecule has 0 radical (unpaired) electrons. The number of hydrogen-bond acceptors (Lipinski definition) is 6. The standard InChI is InChI=1S/C28H20N6O2/c35-27(24-13-7-17-36-24)30-21-11-6-8-19(18-21)26-25(23-12-4-5-16-34(23)33-26)22-14-15-29-28(32-22)31-20-9-2-1-3-10-20/h1-18H,(H,30,35)(H,29,31,32). The fourth-order valence-corrected chi connectivity index (χ4v) is 4.01. The lowest BCUT2D eigenvalue weighted by atomic mass is 10.0. The van der Waals surface area contributed by atoms with Gasteiger partial charge in [0.05, 0.1) is 23.0 Å². The van der Waals surface area contributed by atoms with Crippen LogP contribution in [0, 0.1) is 0 Å². The molecule has 174 valence electrons. The Morgan fingerprint density at radius 2 is 1.72 bits per heavy atom. The summed E-state index contributed by atoms with van der Waals surface area (Å²) in [6.45, 7) is 0. The highest BCUT2D eigenvalue weighted by molar-refractivity contribution is 6.02. The van der Waals surface area contributed by atoms with Crippen molar-refractivity contribution >= 4 is 28.7 Å². The molecule has 6 aromatic rings. The van der Waals surface area contributed by atoms with Crippen molar-refractivity contribution in [3.63, 3.8) is 0 Å². The number of aromatic nitrogens is 4. The molecule has 0 aliphatic carbocycles. The Bertz CT molecular complexity index is 1660. The molecule has 1 amide bonds. The Morgan fingerprint density at radius 3 is 2.58 bits per heavy atom. The van der Waals surface area contributed by atoms with E-state index in [-0.39, 0.29) is 11.7 Å². The Labute approximate surface area is 206 Å². The number of amides is 1. The zero-order valence-corrected chi connectivity index (χ0v) is 19.0. The molecular formula is C28H20N6O2. The van der Waals surface area contributed by atoms with E-state index in [1.165, 1.54) is 6.26 Å². The molecule has 0 bridgehead atoms. The molecule has 0 atom stereocenters. The predicted molar refractivity (Wildman–Crippen MR) is 138 cm³/mol. The first-order chi connectivity index (χ1) is 17.7. The molecule has 36 heavy (non-hydrogen) atoms. The summed E-state index contributed by atoms with van der Waals surface area (Å²) >= 11 is 0. The van der Waals surface area contributed by atoms with E-state index in [1.807, 2.05) is 89.6 Å². The van der Waals surface area contributed by atoms with Crippen LogP contribution in [0.3, 0.4) is 0 Å². The number of benzene rings is 2. The van der Waals surface area contributed by atoms with Gasteiger partial charge in [0.2, 0.25) is 5.95 Å². The molecule has 4 aromatic heterocycles. The first-order valence-corrected chi connectivity index (χ1v) is 11.3. The molecule has 0 saturated heterocycles. The van der Waals surface area contributed by atoms with Crippen molar-refractivity contribution in [1.29, 1.82) is 0 Å². The highest BCUT2D eigenvalue weighted by atomic mass is 16.3. The predicted octanol–water partition coefficient (Wildman–Crippen LogP) is 6.05. The number of carbonyl (C=O) groups is 1. The van der Waals surface area contributed by atoms with E-state index >= 15 is 0 Å². The third-order valence-electron chi connectivity index (χ3n) is 5.62. The minimum atomic E-state index is -0.320. The van der Waals surface area contributed by atoms with Crippen molar-refractivity contribution in [2.75, 3.05) is 10.6 Å². The molecule has 0 spiro atoms. The third-order valence-corrected chi connectivity index (χ3v) is 5.62. The van der Waals surface area contributed by atoms with Crippen LogP contribution in [0.1, 0.15) is 10.6 Å². The Hall–Kier alpha value is -5.24. The summed E-state index contributed by atoms with van der Waals surface area (Å²) in [5.74, 6) is 0.410. The van der Waals surface area contributed by atoms with Gasteiger partial charge in [-0.25, -0.2) is 14.5 Å². The average Bonchev–Trinajstić information content (AvgIpc) is 3.58. The smallest absolute Gasteiger partial charge is 0.291 e. The molecule has 2 N–H and O–H groups in total. The Morgan fingerprint density at radius 1 is 0.861 bits per heavy atom. The van der Waals surface area contributed by atoms with Crippen molar-refractivity contribution in [3.8, 4) is 22.5 Å². The summed E-state index contributed by atoms with van der Waals surface area (Å²) in [6, 6.07) is 28.4. The maximum atomic E-state index is 12.5. The van der Waals surface area contributed by atoms with Crippen LogP contribution in [0.2, 0.25) is 0 Å². The van der Waals surface area contributed by atoms with Gasteiger partial charge in [-0.05, 0) is 54.6 Å². The first-order valence-electron chi connectivity index (χ1n) is 11.3. The summed E-state index contributed by atoms with van der Waals surface area (Å²) in [5, 5.41) is 11.0. The van der Waals surface area contributed by atoms with Crippen molar-refractivity contribution in [3.05, 3.63) is 115 Å². The number of furan rings is 1. The van der Waals surface area contributed by atoms with Gasteiger partial charge in [0, 0.05) is 29.3 Å². The quantitative estimate of drug-likeness (QED) is 0.306. The minimum absolute atomic E-state index is 0.244. The average molecular weight is 473 g/mol. The van der Waals surface area contributed by atoms with Gasteiger partial charge in [0.25, 0.3) is 5.91 Å². The number of carbonyl (C=O) groups excluding carboxylic acids is 1. The molecule has 8 heteroatoms. The topological polar surface area (TPSA) is 97.4 Å². The SMILES string of the molecule is O=C(Nc1cccc(-c2nn3ccccc3c2-c2ccnc(Nc3ccccc3)n2)c1)c1ccco1. The third kappa shape index (κ3) is 4.19. The van der Waals surface area contributed by atoms with Crippen molar-refractivity contribution in [1.82, 2.24) is 19.6 Å². The monoisotopic (exact) mass is 472 g/mol. The van der Waals surface area contributed by atoms with E-state index in [2.05, 4.69) is 15.6 Å². The number of rotatable bonds is 6. The van der Waals surface area contributed by atoms with Crippen molar-refractivity contribution in [2.45, 2.75) is 0 Å². The number of pyridine rings is 1. The molecule has 0 fully saturated rings. The van der Waals surface area contributed by atoms with Crippen molar-refractivity contribution in [2.24, 2.45) is 0 Å². The van der Waals surface area contributed by atoms with Gasteiger partial charge in [0.1, 0.15) is 5.69 Å². The normalized spacial score (nSPS) is 10.9. The molecule has 0 saturated carbocycles. The minimum Gasteiger partial charge on any atom is -0.459 e. The van der Waals surface area contributed by atoms with Gasteiger partial charge in [-0.1, -0.05) is 36.4 Å². The molecule has 4 heterocycles. The Balaban J connectivity index is 1.41. The first kappa shape index (κ1) is 21.3. The van der Waals surface area contributed by atoms with Crippen LogP contribution in [0.25, 0.3) is 28.0 Å². The van der Waals surface area contributed by atoms with E-state index in [0.29, 0.717) is 11.6 Å². The van der Waals surface area contributed by atoms with E-state index in [4.69, 9.17) is 14.5 Å². The van der Waals surface area contributed by atoms with E-state index in [9.17, 15) is 4.79 Å². The van der Waals surface area contributed by atoms with E-state index < -0.39 is 0 Å². The van der Waals surface area contributed by atoms with Gasteiger partial charge in [-0.2, -0.15) is 5.10 Å². The molecule has 6 rings (SSSR count). The van der Waals surface area contributed by atoms with E-state index in [1.54, 1.807) is 18.3 Å². The number of hydrogen-bond donors (Lipinski definition) is 2. The zero-order chi connectivity index (χ0) is 24.3. The van der Waals surface area contributed by atoms with Crippen LogP contribution < -0.4 is 10.6 Å². The zero-order valence-electron chi connectivity index (χ0n) is 19.0. The molecule has 8 nitrogen and oxygen atoms in total. The lowest BCUT2D eigenvalue weighted by molar-refractivity contribution is 0.0996. The lowest BCUT2D eigenvalue weighted by Gasteiger charge is -2.09. The molecule has 0 aliphatic rings. The number of anilines is 3. The van der Waals surface area contributed by atoms with Gasteiger partial charge in [-0.3, -0.25) is 4.79 Å². The number of nitrogens with zero attached hydrogens (tertiary/aromatic N) is 4. The van der Waals surface area contributed by atoms with Crippen LogP contribution in [-0.2, 0) is 0 Å². The molecular weight excluding hydrogens is 452 g/mol. The largest absolute Gasteiger partial charge is 0.459 e. The van der Waals surface area contributed by atoms with Gasteiger partial charge in [-0.15, -0.1) is 0 Å². The van der Waals surface area contributed by atoms with Crippen LogP contribution in [-0.4, -0.2) is 25.5 Å². The molecule has 2 aromatic carbocycles. The summed E-state index contributed by atoms with van der Waals surface area (Å²) in [4.78, 5) is 21.7. The summed E-state index contributed by atoms with van der Waals surface area (Å²) in [5.41, 5.74) is 5.60. The lowest BCUT2D eigenvalue weighted by Crippen LogP contribution is -2.10. The molecule has 0 aliphatic heterocycles. The number of para-hydroxylation sites is 1. The number of nitrogens with one attached hydrogen (secondary N) is 2. The Kier molecular flexibility index (Phi) is 5.44. The highest BCUT2D eigenvalue weighted by Gasteiger charge is 2.19. The van der Waals surface area contributed by atoms with Crippen LogP contribution in [0.15, 0.2) is 114 Å². The fourth-order valence-electron chi connectivity index (χ4n) is 4.01. The molecule has 0 unspecified atom stereocenters. The second-order valence-electron chi connectivity index (χ2n) is 8.02. The summed E-state index contributed by atoms with van der Waals surface area (Å²) in [6.07, 6.45) is 5.09. The maximum absolute atomic E-state index is 12.5. The highest BCUT2D eigenvalue weighted by Crippen LogP contribution is 2.35. The summed E-state index contributed by atoms with van der Waals surface area (Å²) in [7, 11) is 0. The van der Waals surface area contributed by atoms with Gasteiger partial charge >= 0.3 is 0 Å². The van der Waals surface area contributed by atoms with Crippen LogP contribution in [0.5, 0.6) is 0 Å². The van der Waals surface area contributed by atoms with Crippen LogP contribution in [0.4, 0.5) is 17.3 Å². The maximum Gasteiger partial charge on any atom is 0.291 e. The van der Waals surface area contributed by atoms with Crippen molar-refractivity contribution < 1.29 is 9.21 Å². The van der Waals surface area contributed by atoms with E-state index in [0.717, 1.165) is 33.7 Å². The van der Waals surface area contributed by atoms with Gasteiger partial charge in [0.15, 0.2) is 5.76 Å². The fraction of sp³-hybridized carbons (Fsp3) is 0. The second kappa shape index (κ2) is 9.19. The summed E-state index contributed by atoms with van der Waals surface area (Å²) < 4.78 is 7.03. The number of fused-ring (bicyclic) bond motifs is 1. The second-order valence-corrected chi connectivity index (χ2v) is 8.02. The van der Waals surface area contributed by atoms with Crippen LogP contribution >= 0.6 is 0 Å². The van der Waals surface area contributed by atoms with Gasteiger partial charge < -0.3 is 15.1 Å².